The highest BCUT2D eigenvalue weighted by molar-refractivity contribution is 9.25. The Morgan fingerprint density at radius 3 is 1.00 bits per heavy atom. The molecule has 0 atom stereocenters. The maximum Gasteiger partial charge on any atom is 0.0181 e. The van der Waals surface area contributed by atoms with E-state index in [1.54, 1.807) is 0 Å². The van der Waals surface area contributed by atoms with E-state index in [1.807, 2.05) is 21.6 Å². The van der Waals surface area contributed by atoms with Gasteiger partial charge in [0.2, 0.25) is 0 Å². The van der Waals surface area contributed by atoms with Crippen LogP contribution in [0.25, 0.3) is 0 Å². The molecule has 0 nitrogen and oxygen atoms in total. The van der Waals surface area contributed by atoms with E-state index in [0.29, 0.717) is 0 Å². The first-order chi connectivity index (χ1) is 13.4. The maximum absolute atomic E-state index is 2.27. The summed E-state index contributed by atoms with van der Waals surface area (Å²) in [6.45, 7) is 0. The van der Waals surface area contributed by atoms with Gasteiger partial charge < -0.3 is 0 Å². The van der Waals surface area contributed by atoms with Gasteiger partial charge >= 0.3 is 0 Å². The zero-order valence-electron chi connectivity index (χ0n) is 14.8. The van der Waals surface area contributed by atoms with Gasteiger partial charge in [-0.05, 0) is 48.5 Å². The van der Waals surface area contributed by atoms with Gasteiger partial charge in [0.1, 0.15) is 0 Å². The Kier molecular flexibility index (Phi) is 5.93. The van der Waals surface area contributed by atoms with E-state index in [2.05, 4.69) is 121 Å². The molecule has 0 spiro atoms. The van der Waals surface area contributed by atoms with E-state index >= 15 is 0 Å². The van der Waals surface area contributed by atoms with E-state index in [-0.39, 0.29) is 0 Å². The first-order valence-corrected chi connectivity index (χ1v) is 13.1. The van der Waals surface area contributed by atoms with Crippen LogP contribution in [0.5, 0.6) is 0 Å². The highest BCUT2D eigenvalue weighted by Crippen LogP contribution is 2.82. The van der Waals surface area contributed by atoms with Crippen LogP contribution in [0.15, 0.2) is 141 Å². The number of hydrogen-bond donors (Lipinski definition) is 0. The standard InChI is InChI=1S/C24H20S3/c1-5-13-21(14-6-1)25-27(23-17-9-3-10-18-23,24-19-11-4-12-20-24)26-22-15-7-2-8-16-22/h1-20H. The highest BCUT2D eigenvalue weighted by atomic mass is 33.6. The van der Waals surface area contributed by atoms with Crippen LogP contribution >= 0.6 is 29.7 Å². The van der Waals surface area contributed by atoms with Crippen LogP contribution in [-0.2, 0) is 0 Å². The van der Waals surface area contributed by atoms with Crippen molar-refractivity contribution in [3.63, 3.8) is 0 Å². The third-order valence-corrected chi connectivity index (χ3v) is 13.3. The lowest BCUT2D eigenvalue weighted by Gasteiger charge is -2.39. The summed E-state index contributed by atoms with van der Waals surface area (Å²) in [6.07, 6.45) is 0. The fraction of sp³-hybridized carbons (Fsp3) is 0. The lowest BCUT2D eigenvalue weighted by molar-refractivity contribution is 1.39. The average Bonchev–Trinajstić information content (AvgIpc) is 2.76. The molecular formula is C24H20S3. The van der Waals surface area contributed by atoms with Gasteiger partial charge in [0.05, 0.1) is 0 Å². The molecule has 0 aliphatic carbocycles. The lowest BCUT2D eigenvalue weighted by atomic mass is 10.4. The average molecular weight is 405 g/mol. The van der Waals surface area contributed by atoms with Crippen LogP contribution in [0.4, 0.5) is 0 Å². The fourth-order valence-corrected chi connectivity index (χ4v) is 12.2. The Labute approximate surface area is 170 Å². The second-order valence-corrected chi connectivity index (χ2v) is 13.8. The van der Waals surface area contributed by atoms with Crippen molar-refractivity contribution in [1.29, 1.82) is 0 Å². The van der Waals surface area contributed by atoms with Crippen molar-refractivity contribution in [3.8, 4) is 0 Å². The Hall–Kier alpha value is -2.07. The summed E-state index contributed by atoms with van der Waals surface area (Å²) in [4.78, 5) is 5.34. The third kappa shape index (κ3) is 4.27. The lowest BCUT2D eigenvalue weighted by Crippen LogP contribution is -1.94. The third-order valence-electron chi connectivity index (χ3n) is 4.02. The zero-order chi connectivity index (χ0) is 18.4. The molecule has 0 amide bonds. The monoisotopic (exact) mass is 404 g/mol. The summed E-state index contributed by atoms with van der Waals surface area (Å²) < 4.78 is 0. The van der Waals surface area contributed by atoms with Crippen LogP contribution in [0.3, 0.4) is 0 Å². The minimum Gasteiger partial charge on any atom is -0.0795 e. The summed E-state index contributed by atoms with van der Waals surface area (Å²) in [5.74, 6) is 0. The topological polar surface area (TPSA) is 0 Å². The number of benzene rings is 4. The minimum atomic E-state index is -1.43. The first kappa shape index (κ1) is 18.3. The van der Waals surface area contributed by atoms with Crippen molar-refractivity contribution < 1.29 is 0 Å². The van der Waals surface area contributed by atoms with E-state index in [1.165, 1.54) is 19.6 Å². The van der Waals surface area contributed by atoms with Crippen molar-refractivity contribution in [1.82, 2.24) is 0 Å². The Balaban J connectivity index is 1.90. The molecule has 134 valence electrons. The van der Waals surface area contributed by atoms with Crippen molar-refractivity contribution in [2.24, 2.45) is 0 Å². The predicted octanol–water partition coefficient (Wildman–Crippen LogP) is 8.32. The SMILES string of the molecule is c1ccc(SS(Sc2ccccc2)(c2ccccc2)c2ccccc2)cc1. The van der Waals surface area contributed by atoms with Crippen molar-refractivity contribution >= 4 is 29.7 Å². The maximum atomic E-state index is 2.27. The van der Waals surface area contributed by atoms with Gasteiger partial charge in [-0.25, -0.2) is 0 Å². The molecule has 0 aliphatic heterocycles. The first-order valence-electron chi connectivity index (χ1n) is 8.79. The van der Waals surface area contributed by atoms with Crippen LogP contribution in [0.1, 0.15) is 0 Å². The van der Waals surface area contributed by atoms with Gasteiger partial charge in [0.25, 0.3) is 0 Å². The van der Waals surface area contributed by atoms with Gasteiger partial charge in [-0.3, -0.25) is 0 Å². The molecule has 0 N–H and O–H groups in total. The largest absolute Gasteiger partial charge is 0.0795 e. The fourth-order valence-electron chi connectivity index (χ4n) is 2.77. The predicted molar refractivity (Wildman–Crippen MR) is 122 cm³/mol. The van der Waals surface area contributed by atoms with Crippen LogP contribution in [0, 0.1) is 0 Å². The van der Waals surface area contributed by atoms with Crippen molar-refractivity contribution in [3.05, 3.63) is 121 Å². The molecule has 4 rings (SSSR count). The smallest absolute Gasteiger partial charge is 0.0181 e. The molecule has 4 aromatic carbocycles. The van der Waals surface area contributed by atoms with E-state index in [9.17, 15) is 0 Å². The van der Waals surface area contributed by atoms with Crippen LogP contribution in [0.2, 0.25) is 0 Å². The van der Waals surface area contributed by atoms with Gasteiger partial charge in [0.15, 0.2) is 0 Å². The molecule has 0 fully saturated rings. The summed E-state index contributed by atoms with van der Waals surface area (Å²) in [5, 5.41) is 0. The van der Waals surface area contributed by atoms with Crippen molar-refractivity contribution in [2.45, 2.75) is 19.6 Å². The van der Waals surface area contributed by atoms with Gasteiger partial charge in [-0.15, -0.1) is 0 Å². The van der Waals surface area contributed by atoms with E-state index in [0.717, 1.165) is 0 Å². The minimum absolute atomic E-state index is 1.30. The molecule has 3 heteroatoms. The molecule has 0 unspecified atom stereocenters. The summed E-state index contributed by atoms with van der Waals surface area (Å²) in [5.41, 5.74) is 0. The summed E-state index contributed by atoms with van der Waals surface area (Å²) >= 11 is 0. The van der Waals surface area contributed by atoms with Crippen molar-refractivity contribution in [2.75, 3.05) is 0 Å². The Bertz CT molecular complexity index is 872. The van der Waals surface area contributed by atoms with Gasteiger partial charge in [-0.1, -0.05) is 102 Å². The molecule has 27 heavy (non-hydrogen) atoms. The molecular weight excluding hydrogens is 384 g/mol. The number of rotatable bonds is 6. The molecule has 0 radical (unpaired) electrons. The second kappa shape index (κ2) is 8.75. The second-order valence-electron chi connectivity index (χ2n) is 5.92. The zero-order valence-corrected chi connectivity index (χ0v) is 17.2. The van der Waals surface area contributed by atoms with E-state index in [4.69, 9.17) is 0 Å². The molecule has 0 aliphatic rings. The molecule has 0 aromatic heterocycles. The molecule has 0 heterocycles. The molecule has 0 saturated heterocycles. The van der Waals surface area contributed by atoms with Gasteiger partial charge in [-0.2, -0.15) is 0 Å². The quantitative estimate of drug-likeness (QED) is 0.296. The van der Waals surface area contributed by atoms with Gasteiger partial charge in [0, 0.05) is 19.6 Å². The van der Waals surface area contributed by atoms with Crippen LogP contribution in [-0.4, -0.2) is 0 Å². The summed E-state index contributed by atoms with van der Waals surface area (Å²) in [6, 6.07) is 43.4. The highest BCUT2D eigenvalue weighted by Gasteiger charge is 2.32. The molecule has 0 bridgehead atoms. The summed E-state index contributed by atoms with van der Waals surface area (Å²) in [7, 11) is 2.54. The molecule has 4 aromatic rings. The van der Waals surface area contributed by atoms with Crippen LogP contribution < -0.4 is 0 Å². The Morgan fingerprint density at radius 1 is 0.370 bits per heavy atom. The Morgan fingerprint density at radius 2 is 0.667 bits per heavy atom. The normalized spacial score (nSPS) is 11.9. The molecule has 0 saturated carbocycles. The van der Waals surface area contributed by atoms with E-state index < -0.39 is 8.09 Å². The number of hydrogen-bond acceptors (Lipinski definition) is 2.